The standard InChI is InChI=1S/C29H18ClFN4O3S/c1-15-5-11-20(12-6-15)35-25(29(37)38-34-35)26(36)27-24(32)23-21(17-3-2-4-19(31)13-17)14-22(33-28(23)39-27)16-7-9-18(30)10-8-16/h2-14H,1H3,(H2-,32,34,36,37)/p+1. The Morgan fingerprint density at radius 2 is 1.79 bits per heavy atom. The molecule has 3 aromatic carbocycles. The summed E-state index contributed by atoms with van der Waals surface area (Å²) in [6.45, 7) is 1.93. The molecule has 7 nitrogen and oxygen atoms in total. The van der Waals surface area contributed by atoms with Crippen molar-refractivity contribution in [1.82, 2.24) is 10.3 Å². The molecule has 0 unspecified atom stereocenters. The zero-order valence-corrected chi connectivity index (χ0v) is 21.9. The maximum atomic E-state index is 14.3. The normalized spacial score (nSPS) is 11.3. The van der Waals surface area contributed by atoms with E-state index in [0.717, 1.165) is 22.5 Å². The van der Waals surface area contributed by atoms with Crippen LogP contribution in [0.15, 0.2) is 88.2 Å². The van der Waals surface area contributed by atoms with Gasteiger partial charge in [0.1, 0.15) is 15.5 Å². The van der Waals surface area contributed by atoms with E-state index >= 15 is 0 Å². The quantitative estimate of drug-likeness (QED) is 0.197. The number of hydrogen-bond acceptors (Lipinski definition) is 6. The zero-order valence-electron chi connectivity index (χ0n) is 20.4. The summed E-state index contributed by atoms with van der Waals surface area (Å²) in [5.74, 6) is -1.04. The summed E-state index contributed by atoms with van der Waals surface area (Å²) in [7, 11) is 0. The summed E-state index contributed by atoms with van der Waals surface area (Å²) in [5.41, 5.74) is 9.74. The number of aryl methyl sites for hydroxylation is 1. The van der Waals surface area contributed by atoms with Crippen LogP contribution in [0.4, 0.5) is 10.1 Å². The third kappa shape index (κ3) is 4.41. The number of rotatable bonds is 5. The monoisotopic (exact) mass is 557 g/mol. The second-order valence-corrected chi connectivity index (χ2v) is 10.4. The van der Waals surface area contributed by atoms with E-state index in [1.807, 2.05) is 31.2 Å². The highest BCUT2D eigenvalue weighted by atomic mass is 35.5. The van der Waals surface area contributed by atoms with Crippen LogP contribution in [0.5, 0.6) is 0 Å². The van der Waals surface area contributed by atoms with Crippen LogP contribution in [0.3, 0.4) is 0 Å². The molecule has 6 aromatic rings. The fourth-order valence-corrected chi connectivity index (χ4v) is 5.58. The van der Waals surface area contributed by atoms with E-state index < -0.39 is 17.2 Å². The van der Waals surface area contributed by atoms with E-state index in [1.54, 1.807) is 42.5 Å². The van der Waals surface area contributed by atoms with Gasteiger partial charge in [0.15, 0.2) is 0 Å². The van der Waals surface area contributed by atoms with E-state index in [2.05, 4.69) is 5.27 Å². The summed E-state index contributed by atoms with van der Waals surface area (Å²) in [6.07, 6.45) is 0. The summed E-state index contributed by atoms with van der Waals surface area (Å²) < 4.78 is 20.5. The predicted molar refractivity (Wildman–Crippen MR) is 149 cm³/mol. The van der Waals surface area contributed by atoms with Crippen LogP contribution in [-0.4, -0.2) is 16.0 Å². The molecule has 0 radical (unpaired) electrons. The lowest BCUT2D eigenvalue weighted by molar-refractivity contribution is -0.672. The van der Waals surface area contributed by atoms with Gasteiger partial charge in [-0.05, 0) is 58.3 Å². The van der Waals surface area contributed by atoms with Gasteiger partial charge in [-0.1, -0.05) is 53.6 Å². The van der Waals surface area contributed by atoms with Crippen LogP contribution in [0.25, 0.3) is 38.3 Å². The molecule has 0 aliphatic heterocycles. The summed E-state index contributed by atoms with van der Waals surface area (Å²) in [5, 5.41) is 3.57. The van der Waals surface area contributed by atoms with Crippen LogP contribution in [0.2, 0.25) is 5.02 Å². The van der Waals surface area contributed by atoms with Gasteiger partial charge in [-0.3, -0.25) is 9.32 Å². The van der Waals surface area contributed by atoms with Crippen LogP contribution >= 0.6 is 22.9 Å². The van der Waals surface area contributed by atoms with E-state index in [-0.39, 0.29) is 16.3 Å². The summed E-state index contributed by atoms with van der Waals surface area (Å²) >= 11 is 7.13. The number of halogens is 2. The number of benzene rings is 3. The molecule has 3 N–H and O–H groups in total. The smallest absolute Gasteiger partial charge is 0.397 e. The second kappa shape index (κ2) is 9.61. The minimum Gasteiger partial charge on any atom is -0.397 e. The van der Waals surface area contributed by atoms with Crippen molar-refractivity contribution in [2.45, 2.75) is 6.92 Å². The number of aromatic nitrogens is 3. The highest BCUT2D eigenvalue weighted by molar-refractivity contribution is 7.21. The van der Waals surface area contributed by atoms with E-state index in [4.69, 9.17) is 26.8 Å². The van der Waals surface area contributed by atoms with Gasteiger partial charge in [0.2, 0.25) is 5.69 Å². The Morgan fingerprint density at radius 1 is 1.05 bits per heavy atom. The fourth-order valence-electron chi connectivity index (χ4n) is 4.39. The molecule has 10 heteroatoms. The van der Waals surface area contributed by atoms with E-state index in [0.29, 0.717) is 37.7 Å². The van der Waals surface area contributed by atoms with Crippen LogP contribution in [0, 0.1) is 12.7 Å². The van der Waals surface area contributed by atoms with Gasteiger partial charge >= 0.3 is 11.3 Å². The molecule has 0 amide bonds. The van der Waals surface area contributed by atoms with Gasteiger partial charge in [-0.2, -0.15) is 0 Å². The number of nitrogens with zero attached hydrogens (tertiary/aromatic N) is 2. The average molecular weight is 558 g/mol. The number of nitrogens with two attached hydrogens (primary N) is 1. The maximum Gasteiger partial charge on any atom is 0.439 e. The largest absolute Gasteiger partial charge is 0.439 e. The number of carbonyl (C=O) groups is 1. The van der Waals surface area contributed by atoms with Gasteiger partial charge in [-0.25, -0.2) is 14.2 Å². The van der Waals surface area contributed by atoms with Crippen LogP contribution < -0.4 is 16.0 Å². The van der Waals surface area contributed by atoms with Crippen molar-refractivity contribution in [3.8, 4) is 28.1 Å². The first-order valence-electron chi connectivity index (χ1n) is 11.8. The second-order valence-electron chi connectivity index (χ2n) is 8.93. The van der Waals surface area contributed by atoms with Crippen LogP contribution in [0.1, 0.15) is 20.9 Å². The lowest BCUT2D eigenvalue weighted by Gasteiger charge is -2.09. The number of aromatic amines is 1. The molecule has 0 bridgehead atoms. The van der Waals surface area contributed by atoms with Crippen molar-refractivity contribution in [1.29, 1.82) is 0 Å². The first-order chi connectivity index (χ1) is 18.8. The van der Waals surface area contributed by atoms with Gasteiger partial charge < -0.3 is 5.73 Å². The van der Waals surface area contributed by atoms with Crippen molar-refractivity contribution >= 4 is 44.6 Å². The number of fused-ring (bicyclic) bond motifs is 1. The number of H-pyrrole nitrogens is 1. The van der Waals surface area contributed by atoms with Gasteiger partial charge in [0, 0.05) is 28.1 Å². The van der Waals surface area contributed by atoms with E-state index in [9.17, 15) is 14.0 Å². The number of anilines is 1. The Labute approximate surface area is 229 Å². The molecule has 3 aromatic heterocycles. The average Bonchev–Trinajstić information content (AvgIpc) is 3.48. The van der Waals surface area contributed by atoms with Crippen molar-refractivity contribution in [2.24, 2.45) is 0 Å². The number of pyridine rings is 1. The van der Waals surface area contributed by atoms with Gasteiger partial charge in [0.25, 0.3) is 5.78 Å². The molecular weight excluding hydrogens is 539 g/mol. The highest BCUT2D eigenvalue weighted by Crippen LogP contribution is 2.42. The zero-order chi connectivity index (χ0) is 27.3. The van der Waals surface area contributed by atoms with Crippen molar-refractivity contribution in [3.05, 3.63) is 116 Å². The molecule has 3 heterocycles. The minimum absolute atomic E-state index is 0.121. The molecule has 192 valence electrons. The Balaban J connectivity index is 1.57. The fraction of sp³-hybridized carbons (Fsp3) is 0.0345. The Bertz CT molecular complexity index is 1940. The topological polar surface area (TPSA) is 106 Å². The first kappa shape index (κ1) is 24.7. The van der Waals surface area contributed by atoms with Crippen molar-refractivity contribution < 1.29 is 18.4 Å². The molecule has 39 heavy (non-hydrogen) atoms. The molecule has 6 rings (SSSR count). The number of nitrogen functional groups attached to an aromatic ring is 1. The van der Waals surface area contributed by atoms with Crippen LogP contribution in [-0.2, 0) is 0 Å². The number of thiophene rings is 1. The third-order valence-corrected chi connectivity index (χ3v) is 7.68. The number of ketones is 1. The Morgan fingerprint density at radius 3 is 2.51 bits per heavy atom. The Hall–Kier alpha value is -4.60. The lowest BCUT2D eigenvalue weighted by Crippen LogP contribution is -2.41. The number of hydrogen-bond donors (Lipinski definition) is 2. The number of carbonyl (C=O) groups excluding carboxylic acids is 1. The van der Waals surface area contributed by atoms with E-state index in [1.165, 1.54) is 16.8 Å². The SMILES string of the molecule is Cc1ccc(-[n+]2[nH]oc(=O)c2C(=O)c2sc3nc(-c4ccc(Cl)cc4)cc(-c4cccc(F)c4)c3c2N)cc1. The van der Waals surface area contributed by atoms with Crippen molar-refractivity contribution in [2.75, 3.05) is 5.73 Å². The lowest BCUT2D eigenvalue weighted by atomic mass is 9.99. The predicted octanol–water partition coefficient (Wildman–Crippen LogP) is 6.10. The molecule has 0 spiro atoms. The van der Waals surface area contributed by atoms with Gasteiger partial charge in [-0.15, -0.1) is 11.3 Å². The molecular formula is C29H19ClFN4O3S+. The van der Waals surface area contributed by atoms with Gasteiger partial charge in [0.05, 0.1) is 11.4 Å². The minimum atomic E-state index is -0.836. The molecule has 0 aliphatic carbocycles. The number of nitrogens with one attached hydrogen (secondary N) is 1. The van der Waals surface area contributed by atoms with Crippen molar-refractivity contribution in [3.63, 3.8) is 0 Å². The molecule has 0 fully saturated rings. The molecule has 0 saturated carbocycles. The molecule has 0 atom stereocenters. The summed E-state index contributed by atoms with van der Waals surface area (Å²) in [4.78, 5) is 31.8. The third-order valence-electron chi connectivity index (χ3n) is 6.33. The molecule has 0 aliphatic rings. The highest BCUT2D eigenvalue weighted by Gasteiger charge is 2.35. The first-order valence-corrected chi connectivity index (χ1v) is 13.0. The molecule has 0 saturated heterocycles. The summed E-state index contributed by atoms with van der Waals surface area (Å²) in [6, 6.07) is 22.3. The maximum absolute atomic E-state index is 14.3. The Kier molecular flexibility index (Phi) is 6.09.